The average Bonchev–Trinajstić information content (AvgIpc) is 3.75. The van der Waals surface area contributed by atoms with Gasteiger partial charge in [-0.1, -0.05) is 55.5 Å². The summed E-state index contributed by atoms with van der Waals surface area (Å²) in [6, 6.07) is 21.6. The van der Waals surface area contributed by atoms with E-state index < -0.39 is 19.8 Å². The lowest BCUT2D eigenvalue weighted by Gasteiger charge is -2.37. The number of hydrogen-bond acceptors (Lipinski definition) is 6. The van der Waals surface area contributed by atoms with Crippen LogP contribution in [0, 0.1) is 5.92 Å². The van der Waals surface area contributed by atoms with Crippen molar-refractivity contribution in [3.05, 3.63) is 77.9 Å². The van der Waals surface area contributed by atoms with Gasteiger partial charge in [0.2, 0.25) is 11.8 Å². The Balaban J connectivity index is 1.32. The van der Waals surface area contributed by atoms with Crippen LogP contribution < -0.4 is 20.1 Å². The van der Waals surface area contributed by atoms with Crippen LogP contribution in [-0.2, 0) is 31.1 Å². The van der Waals surface area contributed by atoms with Gasteiger partial charge in [0, 0.05) is 35.8 Å². The number of aryl methyl sites for hydroxylation is 1. The summed E-state index contributed by atoms with van der Waals surface area (Å²) in [6.07, 6.45) is 2.33. The lowest BCUT2D eigenvalue weighted by atomic mass is 9.82. The number of aliphatic hydroxyl groups excluding tert-OH is 1. The molecule has 0 aliphatic carbocycles. The predicted molar refractivity (Wildman–Crippen MR) is 183 cm³/mol. The summed E-state index contributed by atoms with van der Waals surface area (Å²) in [5, 5.41) is 14.3. The van der Waals surface area contributed by atoms with Crippen LogP contribution in [0.25, 0.3) is 0 Å². The number of methoxy groups -OCH3 is 1. The summed E-state index contributed by atoms with van der Waals surface area (Å²) < 4.78 is 12.5. The molecule has 47 heavy (non-hydrogen) atoms. The fourth-order valence-electron chi connectivity index (χ4n) is 8.81. The molecule has 4 aliphatic heterocycles. The second kappa shape index (κ2) is 11.9. The van der Waals surface area contributed by atoms with Crippen LogP contribution >= 0.6 is 0 Å². The molecule has 9 nitrogen and oxygen atoms in total. The van der Waals surface area contributed by atoms with E-state index in [1.165, 1.54) is 5.19 Å². The van der Waals surface area contributed by atoms with Gasteiger partial charge in [0.05, 0.1) is 46.0 Å². The molecule has 3 amide bonds. The zero-order valence-electron chi connectivity index (χ0n) is 27.5. The number of amides is 3. The van der Waals surface area contributed by atoms with Crippen LogP contribution in [0.15, 0.2) is 66.7 Å². The standard InChI is InChI=1S/C37H43N3O6Si/c1-23-35(47(3,4)28-15-13-27(45-2)14-16-28)32(21-34(43)39-19-7-9-26(39)22-41)46-37(23)29-20-25(12-17-30(29)38-36(37)44)40-31-10-6-5-8-24(31)11-18-33(40)42/h5-6,8,10,12-17,20,23,26,32,35,41H,7,9,11,18-19,21-22H2,1-4H3,(H,38,44)/t23-,26-,32+,35-,37+/m0/s1. The van der Waals surface area contributed by atoms with Crippen LogP contribution in [0.5, 0.6) is 5.75 Å². The van der Waals surface area contributed by atoms with E-state index >= 15 is 0 Å². The van der Waals surface area contributed by atoms with E-state index in [4.69, 9.17) is 9.47 Å². The second-order valence-electron chi connectivity index (χ2n) is 14.0. The molecule has 4 heterocycles. The molecule has 4 aliphatic rings. The van der Waals surface area contributed by atoms with Crippen molar-refractivity contribution in [2.45, 2.75) is 75.4 Å². The molecule has 1 spiro atoms. The van der Waals surface area contributed by atoms with Crippen LogP contribution in [0.4, 0.5) is 17.1 Å². The maximum atomic E-state index is 14.2. The molecule has 7 rings (SSSR count). The minimum Gasteiger partial charge on any atom is -0.497 e. The van der Waals surface area contributed by atoms with Gasteiger partial charge in [-0.25, -0.2) is 0 Å². The molecule has 246 valence electrons. The first-order valence-electron chi connectivity index (χ1n) is 16.7. The van der Waals surface area contributed by atoms with Gasteiger partial charge >= 0.3 is 0 Å². The lowest BCUT2D eigenvalue weighted by molar-refractivity contribution is -0.148. The monoisotopic (exact) mass is 653 g/mol. The number of rotatable bonds is 7. The number of fused-ring (bicyclic) bond motifs is 3. The van der Waals surface area contributed by atoms with E-state index in [1.54, 1.807) is 16.9 Å². The molecular formula is C37H43N3O6Si. The van der Waals surface area contributed by atoms with Gasteiger partial charge in [0.1, 0.15) is 5.75 Å². The maximum Gasteiger partial charge on any atom is 0.261 e. The van der Waals surface area contributed by atoms with Gasteiger partial charge in [-0.15, -0.1) is 0 Å². The normalized spacial score (nSPS) is 26.8. The molecule has 5 atom stereocenters. The second-order valence-corrected chi connectivity index (χ2v) is 18.7. The van der Waals surface area contributed by atoms with Crippen LogP contribution in [0.3, 0.4) is 0 Å². The number of hydrogen-bond donors (Lipinski definition) is 2. The molecule has 0 bridgehead atoms. The van der Waals surface area contributed by atoms with Crippen molar-refractivity contribution >= 4 is 48.0 Å². The summed E-state index contributed by atoms with van der Waals surface area (Å²) in [5.41, 5.74) is 2.59. The molecular weight excluding hydrogens is 611 g/mol. The Hall–Kier alpha value is -3.99. The van der Waals surface area contributed by atoms with Crippen LogP contribution in [-0.4, -0.2) is 68.2 Å². The van der Waals surface area contributed by atoms with E-state index in [-0.39, 0.29) is 48.3 Å². The highest BCUT2D eigenvalue weighted by Gasteiger charge is 2.65. The number of nitrogens with zero attached hydrogens (tertiary/aromatic N) is 2. The lowest BCUT2D eigenvalue weighted by Crippen LogP contribution is -2.52. The number of ether oxygens (including phenoxy) is 2. The molecule has 0 unspecified atom stereocenters. The summed E-state index contributed by atoms with van der Waals surface area (Å²) in [6.45, 7) is 7.21. The Labute approximate surface area is 276 Å². The number of likely N-dealkylation sites (tertiary alicyclic amines) is 1. The molecule has 0 aromatic heterocycles. The summed E-state index contributed by atoms with van der Waals surface area (Å²) in [5.74, 6) is 0.206. The molecule has 2 fully saturated rings. The van der Waals surface area contributed by atoms with E-state index in [0.717, 1.165) is 29.8 Å². The molecule has 10 heteroatoms. The van der Waals surface area contributed by atoms with Crippen LogP contribution in [0.1, 0.15) is 43.7 Å². The zero-order valence-corrected chi connectivity index (χ0v) is 28.5. The van der Waals surface area contributed by atoms with Gasteiger partial charge in [0.15, 0.2) is 5.60 Å². The molecule has 0 radical (unpaired) electrons. The Morgan fingerprint density at radius 2 is 1.85 bits per heavy atom. The van der Waals surface area contributed by atoms with Gasteiger partial charge in [-0.05, 0) is 66.8 Å². The van der Waals surface area contributed by atoms with Gasteiger partial charge in [-0.3, -0.25) is 19.3 Å². The van der Waals surface area contributed by atoms with Crippen molar-refractivity contribution in [3.8, 4) is 5.75 Å². The molecule has 2 saturated heterocycles. The largest absolute Gasteiger partial charge is 0.497 e. The minimum atomic E-state index is -2.43. The van der Waals surface area contributed by atoms with Crippen molar-refractivity contribution < 1.29 is 29.0 Å². The number of carbonyl (C=O) groups is 3. The maximum absolute atomic E-state index is 14.2. The summed E-state index contributed by atoms with van der Waals surface area (Å²) >= 11 is 0. The molecule has 3 aromatic carbocycles. The fraction of sp³-hybridized carbons (Fsp3) is 0.432. The third kappa shape index (κ3) is 5.00. The highest BCUT2D eigenvalue weighted by atomic mass is 28.3. The average molecular weight is 654 g/mol. The fourth-order valence-corrected chi connectivity index (χ4v) is 12.8. The Kier molecular flexibility index (Phi) is 8.01. The van der Waals surface area contributed by atoms with E-state index in [1.807, 2.05) is 48.5 Å². The number of para-hydroxylation sites is 1. The SMILES string of the molecule is COc1ccc([Si](C)(C)[C@@H]2[C@@H](CC(=O)N3CCC[C@H]3CO)O[C@]3(C(=O)Nc4ccc(N5C(=O)CCc6ccccc65)cc43)[C@H]2C)cc1. The Morgan fingerprint density at radius 1 is 1.09 bits per heavy atom. The summed E-state index contributed by atoms with van der Waals surface area (Å²) in [7, 11) is -0.787. The first-order chi connectivity index (χ1) is 22.6. The molecule has 0 saturated carbocycles. The minimum absolute atomic E-state index is 0.00817. The Bertz CT molecular complexity index is 1730. The van der Waals surface area contributed by atoms with Crippen molar-refractivity contribution in [1.29, 1.82) is 0 Å². The summed E-state index contributed by atoms with van der Waals surface area (Å²) in [4.78, 5) is 45.1. The van der Waals surface area contributed by atoms with Crippen LogP contribution in [0.2, 0.25) is 18.6 Å². The van der Waals surface area contributed by atoms with E-state index in [2.05, 4.69) is 43.5 Å². The Morgan fingerprint density at radius 3 is 2.60 bits per heavy atom. The smallest absolute Gasteiger partial charge is 0.261 e. The van der Waals surface area contributed by atoms with Crippen molar-refractivity contribution in [2.24, 2.45) is 5.92 Å². The first kappa shape index (κ1) is 31.6. The van der Waals surface area contributed by atoms with E-state index in [0.29, 0.717) is 36.3 Å². The highest BCUT2D eigenvalue weighted by Crippen LogP contribution is 2.59. The third-order valence-electron chi connectivity index (χ3n) is 11.2. The predicted octanol–water partition coefficient (Wildman–Crippen LogP) is 4.85. The van der Waals surface area contributed by atoms with Gasteiger partial charge in [0.25, 0.3) is 5.91 Å². The quantitative estimate of drug-likeness (QED) is 0.353. The third-order valence-corrected chi connectivity index (χ3v) is 15.6. The van der Waals surface area contributed by atoms with E-state index in [9.17, 15) is 19.5 Å². The zero-order chi connectivity index (χ0) is 33.1. The van der Waals surface area contributed by atoms with Crippen molar-refractivity contribution in [3.63, 3.8) is 0 Å². The number of aliphatic hydroxyl groups is 1. The van der Waals surface area contributed by atoms with Gasteiger partial charge in [-0.2, -0.15) is 0 Å². The first-order valence-corrected chi connectivity index (χ1v) is 19.8. The number of anilines is 3. The number of carbonyl (C=O) groups excluding carboxylic acids is 3. The number of nitrogens with one attached hydrogen (secondary N) is 1. The van der Waals surface area contributed by atoms with Gasteiger partial charge < -0.3 is 24.8 Å². The van der Waals surface area contributed by atoms with Crippen molar-refractivity contribution in [2.75, 3.05) is 30.5 Å². The highest BCUT2D eigenvalue weighted by molar-refractivity contribution is 6.91. The molecule has 3 aromatic rings. The topological polar surface area (TPSA) is 108 Å². The number of benzene rings is 3. The molecule has 2 N–H and O–H groups in total. The van der Waals surface area contributed by atoms with Crippen molar-refractivity contribution in [1.82, 2.24) is 4.90 Å².